The van der Waals surface area contributed by atoms with Gasteiger partial charge in [0.2, 0.25) is 0 Å². The maximum atomic E-state index is 13.3. The standard InChI is InChI=1S/C22H29N3O7/c1-12(26)29-15-10-11-16(30-13(2)27)18-20-19(31-22(3,4)32-20)17(15)24-25(18)21(28)23-14-8-6-5-7-9-14/h5-9,15-20,24H,10-11H2,1-4H3,(H,23,28)/t15-,16+,17?,18?,19-,20-/m0/s1. The van der Waals surface area contributed by atoms with Crippen molar-refractivity contribution in [3.8, 4) is 0 Å². The molecule has 174 valence electrons. The number of carbonyl (C=O) groups excluding carboxylic acids is 3. The number of ether oxygens (including phenoxy) is 4. The monoisotopic (exact) mass is 447 g/mol. The van der Waals surface area contributed by atoms with Gasteiger partial charge in [0.1, 0.15) is 30.5 Å². The fourth-order valence-corrected chi connectivity index (χ4v) is 4.76. The van der Waals surface area contributed by atoms with Gasteiger partial charge >= 0.3 is 18.0 Å². The van der Waals surface area contributed by atoms with Crippen molar-refractivity contribution in [2.24, 2.45) is 0 Å². The molecular formula is C22H29N3O7. The second kappa shape index (κ2) is 8.68. The van der Waals surface area contributed by atoms with E-state index < -0.39 is 60.3 Å². The number of hydrazine groups is 1. The van der Waals surface area contributed by atoms with Crippen LogP contribution in [0.25, 0.3) is 0 Å². The molecule has 0 aromatic heterocycles. The molecule has 1 aliphatic carbocycles. The summed E-state index contributed by atoms with van der Waals surface area (Å²) in [6, 6.07) is 7.40. The van der Waals surface area contributed by atoms with Gasteiger partial charge in [-0.2, -0.15) is 0 Å². The molecule has 10 heteroatoms. The highest BCUT2D eigenvalue weighted by Crippen LogP contribution is 2.41. The molecule has 0 radical (unpaired) electrons. The highest BCUT2D eigenvalue weighted by Gasteiger charge is 2.60. The number of benzene rings is 1. The lowest BCUT2D eigenvalue weighted by Crippen LogP contribution is -2.75. The lowest BCUT2D eigenvalue weighted by Gasteiger charge is -2.51. The van der Waals surface area contributed by atoms with E-state index in [4.69, 9.17) is 18.9 Å². The fraction of sp³-hybridized carbons (Fsp3) is 0.591. The van der Waals surface area contributed by atoms with Crippen LogP contribution in [0, 0.1) is 0 Å². The molecule has 6 atom stereocenters. The lowest BCUT2D eigenvalue weighted by atomic mass is 9.83. The second-order valence-corrected chi connectivity index (χ2v) is 8.75. The minimum Gasteiger partial charge on any atom is -0.461 e. The van der Waals surface area contributed by atoms with E-state index in [0.717, 1.165) is 0 Å². The minimum atomic E-state index is -0.925. The number of rotatable bonds is 3. The van der Waals surface area contributed by atoms with Gasteiger partial charge < -0.3 is 24.3 Å². The first-order valence-electron chi connectivity index (χ1n) is 10.8. The van der Waals surface area contributed by atoms with Crippen LogP contribution >= 0.6 is 0 Å². The second-order valence-electron chi connectivity index (χ2n) is 8.75. The summed E-state index contributed by atoms with van der Waals surface area (Å²) in [6.45, 7) is 6.23. The van der Waals surface area contributed by atoms with E-state index >= 15 is 0 Å². The zero-order chi connectivity index (χ0) is 23.0. The number of amides is 2. The van der Waals surface area contributed by atoms with Crippen molar-refractivity contribution in [2.75, 3.05) is 5.32 Å². The highest BCUT2D eigenvalue weighted by molar-refractivity contribution is 5.89. The van der Waals surface area contributed by atoms with Crippen molar-refractivity contribution < 1.29 is 33.3 Å². The Labute approximate surface area is 186 Å². The number of hydrogen-bond acceptors (Lipinski definition) is 8. The van der Waals surface area contributed by atoms with Crippen molar-refractivity contribution in [3.63, 3.8) is 0 Å². The molecule has 10 nitrogen and oxygen atoms in total. The number of urea groups is 1. The smallest absolute Gasteiger partial charge is 0.336 e. The average molecular weight is 447 g/mol. The Balaban J connectivity index is 1.72. The predicted octanol–water partition coefficient (Wildman–Crippen LogP) is 1.95. The van der Waals surface area contributed by atoms with Crippen molar-refractivity contribution in [3.05, 3.63) is 30.3 Å². The molecule has 1 saturated carbocycles. The molecular weight excluding hydrogens is 418 g/mol. The van der Waals surface area contributed by atoms with Gasteiger partial charge in [-0.3, -0.25) is 9.59 Å². The molecule has 2 N–H and O–H groups in total. The first-order valence-corrected chi connectivity index (χ1v) is 10.8. The van der Waals surface area contributed by atoms with Crippen LogP contribution in [0.15, 0.2) is 30.3 Å². The summed E-state index contributed by atoms with van der Waals surface area (Å²) in [6.07, 6.45) is -1.58. The molecule has 4 fully saturated rings. The largest absolute Gasteiger partial charge is 0.461 e. The third kappa shape index (κ3) is 4.57. The number of para-hydroxylation sites is 1. The number of fused-ring (bicyclic) bond motifs is 4. The summed E-state index contributed by atoms with van der Waals surface area (Å²) in [5.41, 5.74) is 3.80. The summed E-state index contributed by atoms with van der Waals surface area (Å²) in [5.74, 6) is -1.84. The van der Waals surface area contributed by atoms with E-state index in [0.29, 0.717) is 18.5 Å². The Kier molecular flexibility index (Phi) is 6.11. The summed E-state index contributed by atoms with van der Waals surface area (Å²) in [7, 11) is 0. The Hall–Kier alpha value is -2.69. The molecule has 5 rings (SSSR count). The third-order valence-electron chi connectivity index (χ3n) is 5.84. The van der Waals surface area contributed by atoms with Crippen LogP contribution in [0.1, 0.15) is 40.5 Å². The van der Waals surface area contributed by atoms with Gasteiger partial charge in [0, 0.05) is 19.5 Å². The number of nitrogens with zero attached hydrogens (tertiary/aromatic N) is 1. The van der Waals surface area contributed by atoms with Gasteiger partial charge in [-0.15, -0.1) is 0 Å². The fourth-order valence-electron chi connectivity index (χ4n) is 4.76. The molecule has 2 amide bonds. The molecule has 1 aromatic rings. The lowest BCUT2D eigenvalue weighted by molar-refractivity contribution is -0.175. The molecule has 32 heavy (non-hydrogen) atoms. The highest BCUT2D eigenvalue weighted by atomic mass is 16.8. The SMILES string of the molecule is CC(=O)O[C@H]1CC[C@@H](OC(C)=O)C2[C@@H]3OC(C)(C)O[C@H]3C1NN2C(=O)Nc1ccccc1. The number of carbonyl (C=O) groups is 3. The first kappa shape index (κ1) is 22.5. The van der Waals surface area contributed by atoms with Crippen molar-refractivity contribution in [1.29, 1.82) is 0 Å². The van der Waals surface area contributed by atoms with Crippen LogP contribution in [0.5, 0.6) is 0 Å². The van der Waals surface area contributed by atoms with Crippen LogP contribution in [0.2, 0.25) is 0 Å². The van der Waals surface area contributed by atoms with Crippen molar-refractivity contribution >= 4 is 23.7 Å². The van der Waals surface area contributed by atoms with Gasteiger partial charge in [0.15, 0.2) is 5.79 Å². The zero-order valence-electron chi connectivity index (χ0n) is 18.6. The van der Waals surface area contributed by atoms with E-state index in [9.17, 15) is 14.4 Å². The normalized spacial score (nSPS) is 32.9. The van der Waals surface area contributed by atoms with Gasteiger partial charge in [0.05, 0.1) is 6.04 Å². The van der Waals surface area contributed by atoms with Crippen LogP contribution in [0.3, 0.4) is 0 Å². The molecule has 3 saturated heterocycles. The quantitative estimate of drug-likeness (QED) is 0.676. The average Bonchev–Trinajstić information content (AvgIpc) is 3.02. The maximum absolute atomic E-state index is 13.3. The number of hydrogen-bond donors (Lipinski definition) is 2. The van der Waals surface area contributed by atoms with Crippen LogP contribution in [-0.4, -0.2) is 65.3 Å². The number of anilines is 1. The molecule has 0 spiro atoms. The number of nitrogens with one attached hydrogen (secondary N) is 2. The third-order valence-corrected chi connectivity index (χ3v) is 5.84. The minimum absolute atomic E-state index is 0.391. The van der Waals surface area contributed by atoms with Gasteiger partial charge in [-0.1, -0.05) is 18.2 Å². The van der Waals surface area contributed by atoms with E-state index in [1.54, 1.807) is 26.0 Å². The zero-order valence-corrected chi connectivity index (χ0v) is 18.6. The van der Waals surface area contributed by atoms with Gasteiger partial charge in [-0.25, -0.2) is 15.2 Å². The van der Waals surface area contributed by atoms with Crippen molar-refractivity contribution in [2.45, 2.75) is 82.8 Å². The Bertz CT molecular complexity index is 878. The van der Waals surface area contributed by atoms with Gasteiger partial charge in [0.25, 0.3) is 0 Å². The van der Waals surface area contributed by atoms with Crippen LogP contribution in [-0.2, 0) is 28.5 Å². The van der Waals surface area contributed by atoms with E-state index in [-0.39, 0.29) is 0 Å². The molecule has 2 bridgehead atoms. The van der Waals surface area contributed by atoms with E-state index in [1.807, 2.05) is 18.2 Å². The molecule has 3 aliphatic heterocycles. The summed E-state index contributed by atoms with van der Waals surface area (Å²) in [4.78, 5) is 37.1. The molecule has 2 unspecified atom stereocenters. The maximum Gasteiger partial charge on any atom is 0.336 e. The predicted molar refractivity (Wildman–Crippen MR) is 112 cm³/mol. The molecule has 1 aromatic carbocycles. The summed E-state index contributed by atoms with van der Waals surface area (Å²) in [5, 5.41) is 4.25. The Morgan fingerprint density at radius 3 is 2.25 bits per heavy atom. The van der Waals surface area contributed by atoms with Crippen molar-refractivity contribution in [1.82, 2.24) is 10.4 Å². The first-order chi connectivity index (χ1) is 15.1. The summed E-state index contributed by atoms with van der Waals surface area (Å²) < 4.78 is 23.6. The molecule has 3 heterocycles. The van der Waals surface area contributed by atoms with E-state index in [2.05, 4.69) is 10.7 Å². The summed E-state index contributed by atoms with van der Waals surface area (Å²) >= 11 is 0. The van der Waals surface area contributed by atoms with Crippen LogP contribution in [0.4, 0.5) is 10.5 Å². The topological polar surface area (TPSA) is 115 Å². The Morgan fingerprint density at radius 2 is 1.59 bits per heavy atom. The van der Waals surface area contributed by atoms with Gasteiger partial charge in [-0.05, 0) is 38.8 Å². The van der Waals surface area contributed by atoms with E-state index in [1.165, 1.54) is 18.9 Å². The molecule has 4 aliphatic rings. The number of esters is 2. The van der Waals surface area contributed by atoms with Crippen LogP contribution < -0.4 is 10.7 Å². The Morgan fingerprint density at radius 1 is 1.00 bits per heavy atom.